The third kappa shape index (κ3) is 2.23. The van der Waals surface area contributed by atoms with Gasteiger partial charge in [0.25, 0.3) is 0 Å². The molecular weight excluding hydrogens is 230 g/mol. The molecule has 0 fully saturated rings. The van der Waals surface area contributed by atoms with Crippen LogP contribution in [0.2, 0.25) is 0 Å². The molecule has 1 aliphatic rings. The van der Waals surface area contributed by atoms with Gasteiger partial charge in [-0.1, -0.05) is 12.1 Å². The second kappa shape index (κ2) is 5.21. The van der Waals surface area contributed by atoms with E-state index in [1.54, 1.807) is 13.0 Å². The number of rotatable bonds is 2. The quantitative estimate of drug-likeness (QED) is 0.591. The highest BCUT2D eigenvalue weighted by atomic mass is 16.5. The molecule has 0 bridgehead atoms. The Morgan fingerprint density at radius 2 is 2.17 bits per heavy atom. The number of para-hydroxylation sites is 1. The summed E-state index contributed by atoms with van der Waals surface area (Å²) in [6.45, 7) is 2.73. The van der Waals surface area contributed by atoms with Crippen molar-refractivity contribution in [2.75, 3.05) is 25.1 Å². The first-order valence-electron chi connectivity index (χ1n) is 6.16. The third-order valence-corrected chi connectivity index (χ3v) is 3.22. The van der Waals surface area contributed by atoms with Crippen LogP contribution in [-0.4, -0.2) is 32.0 Å². The molecule has 1 aromatic rings. The van der Waals surface area contributed by atoms with Crippen LogP contribution in [0.25, 0.3) is 0 Å². The van der Waals surface area contributed by atoms with E-state index in [0.717, 1.165) is 5.69 Å². The molecule has 1 atom stereocenters. The summed E-state index contributed by atoms with van der Waals surface area (Å²) in [6.07, 6.45) is 0.503. The first kappa shape index (κ1) is 12.6. The van der Waals surface area contributed by atoms with E-state index in [9.17, 15) is 9.59 Å². The summed E-state index contributed by atoms with van der Waals surface area (Å²) in [5.41, 5.74) is 1.49. The fourth-order valence-electron chi connectivity index (χ4n) is 2.24. The summed E-state index contributed by atoms with van der Waals surface area (Å²) >= 11 is 0. The SMILES string of the molecule is CCOC(=O)C1CCN(C)c2ccccc2C1=O. The van der Waals surface area contributed by atoms with E-state index in [1.165, 1.54) is 0 Å². The van der Waals surface area contributed by atoms with Crippen LogP contribution >= 0.6 is 0 Å². The van der Waals surface area contributed by atoms with Crippen LogP contribution in [0.5, 0.6) is 0 Å². The third-order valence-electron chi connectivity index (χ3n) is 3.22. The molecule has 1 heterocycles. The van der Waals surface area contributed by atoms with Crippen LogP contribution in [0, 0.1) is 5.92 Å². The van der Waals surface area contributed by atoms with Gasteiger partial charge in [-0.2, -0.15) is 0 Å². The predicted molar refractivity (Wildman–Crippen MR) is 68.8 cm³/mol. The first-order chi connectivity index (χ1) is 8.65. The lowest BCUT2D eigenvalue weighted by Gasteiger charge is -2.17. The fourth-order valence-corrected chi connectivity index (χ4v) is 2.24. The largest absolute Gasteiger partial charge is 0.465 e. The second-order valence-corrected chi connectivity index (χ2v) is 4.40. The van der Waals surface area contributed by atoms with Crippen molar-refractivity contribution in [3.63, 3.8) is 0 Å². The molecule has 0 aromatic heterocycles. The number of esters is 1. The molecule has 1 aromatic carbocycles. The summed E-state index contributed by atoms with van der Waals surface area (Å²) in [5.74, 6) is -1.21. The van der Waals surface area contributed by atoms with Crippen molar-refractivity contribution >= 4 is 17.4 Å². The van der Waals surface area contributed by atoms with Gasteiger partial charge in [0.1, 0.15) is 5.92 Å². The fraction of sp³-hybridized carbons (Fsp3) is 0.429. The van der Waals surface area contributed by atoms with Crippen LogP contribution < -0.4 is 4.90 Å². The number of carbonyl (C=O) groups excluding carboxylic acids is 2. The summed E-state index contributed by atoms with van der Waals surface area (Å²) in [5, 5.41) is 0. The molecule has 0 N–H and O–H groups in total. The van der Waals surface area contributed by atoms with Crippen LogP contribution in [-0.2, 0) is 9.53 Å². The molecule has 0 aliphatic carbocycles. The Morgan fingerprint density at radius 3 is 2.89 bits per heavy atom. The Hall–Kier alpha value is -1.84. The molecule has 1 aliphatic heterocycles. The van der Waals surface area contributed by atoms with Gasteiger partial charge in [-0.25, -0.2) is 0 Å². The number of nitrogens with zero attached hydrogens (tertiary/aromatic N) is 1. The molecule has 18 heavy (non-hydrogen) atoms. The Labute approximate surface area is 107 Å². The average Bonchev–Trinajstić information content (AvgIpc) is 2.50. The maximum absolute atomic E-state index is 12.4. The van der Waals surface area contributed by atoms with E-state index < -0.39 is 11.9 Å². The maximum Gasteiger partial charge on any atom is 0.316 e. The zero-order valence-electron chi connectivity index (χ0n) is 10.7. The van der Waals surface area contributed by atoms with Gasteiger partial charge in [-0.3, -0.25) is 9.59 Å². The summed E-state index contributed by atoms with van der Waals surface area (Å²) in [7, 11) is 1.93. The average molecular weight is 247 g/mol. The molecular formula is C14H17NO3. The molecule has 0 saturated heterocycles. The van der Waals surface area contributed by atoms with Crippen molar-refractivity contribution in [3.05, 3.63) is 29.8 Å². The van der Waals surface area contributed by atoms with E-state index in [1.807, 2.05) is 30.1 Å². The molecule has 0 radical (unpaired) electrons. The number of ether oxygens (including phenoxy) is 1. The van der Waals surface area contributed by atoms with Crippen molar-refractivity contribution in [2.24, 2.45) is 5.92 Å². The van der Waals surface area contributed by atoms with E-state index in [4.69, 9.17) is 4.74 Å². The number of hydrogen-bond acceptors (Lipinski definition) is 4. The molecule has 1 unspecified atom stereocenters. The predicted octanol–water partition coefficient (Wildman–Crippen LogP) is 1.89. The number of anilines is 1. The standard InChI is InChI=1S/C14H17NO3/c1-3-18-14(17)11-8-9-15(2)12-7-5-4-6-10(12)13(11)16/h4-7,11H,3,8-9H2,1-2H3. The minimum atomic E-state index is -0.670. The Balaban J connectivity index is 2.35. The van der Waals surface area contributed by atoms with Crippen LogP contribution in [0.3, 0.4) is 0 Å². The zero-order valence-corrected chi connectivity index (χ0v) is 10.7. The Morgan fingerprint density at radius 1 is 1.44 bits per heavy atom. The normalized spacial score (nSPS) is 19.1. The molecule has 2 rings (SSSR count). The number of ketones is 1. The van der Waals surface area contributed by atoms with Gasteiger partial charge in [-0.15, -0.1) is 0 Å². The van der Waals surface area contributed by atoms with Crippen LogP contribution in [0.4, 0.5) is 5.69 Å². The molecule has 4 nitrogen and oxygen atoms in total. The smallest absolute Gasteiger partial charge is 0.316 e. The van der Waals surface area contributed by atoms with Crippen molar-refractivity contribution in [3.8, 4) is 0 Å². The van der Waals surface area contributed by atoms with Gasteiger partial charge in [-0.05, 0) is 25.5 Å². The highest BCUT2D eigenvalue weighted by molar-refractivity contribution is 6.12. The van der Waals surface area contributed by atoms with Gasteiger partial charge >= 0.3 is 5.97 Å². The summed E-state index contributed by atoms with van der Waals surface area (Å²) in [6, 6.07) is 7.39. The molecule has 0 spiro atoms. The molecule has 4 heteroatoms. The highest BCUT2D eigenvalue weighted by Gasteiger charge is 2.33. The maximum atomic E-state index is 12.4. The van der Waals surface area contributed by atoms with Gasteiger partial charge in [0.05, 0.1) is 6.61 Å². The first-order valence-corrected chi connectivity index (χ1v) is 6.16. The van der Waals surface area contributed by atoms with E-state index in [2.05, 4.69) is 0 Å². The van der Waals surface area contributed by atoms with E-state index in [-0.39, 0.29) is 5.78 Å². The lowest BCUT2D eigenvalue weighted by atomic mass is 9.95. The highest BCUT2D eigenvalue weighted by Crippen LogP contribution is 2.28. The van der Waals surface area contributed by atoms with Gasteiger partial charge in [0, 0.05) is 24.8 Å². The van der Waals surface area contributed by atoms with E-state index >= 15 is 0 Å². The lowest BCUT2D eigenvalue weighted by molar-refractivity contribution is -0.146. The number of fused-ring (bicyclic) bond motifs is 1. The number of carbonyl (C=O) groups is 2. The van der Waals surface area contributed by atoms with E-state index in [0.29, 0.717) is 25.1 Å². The summed E-state index contributed by atoms with van der Waals surface area (Å²) < 4.78 is 4.98. The minimum Gasteiger partial charge on any atom is -0.465 e. The topological polar surface area (TPSA) is 46.6 Å². The van der Waals surface area contributed by atoms with Crippen LogP contribution in [0.15, 0.2) is 24.3 Å². The zero-order chi connectivity index (χ0) is 13.1. The minimum absolute atomic E-state index is 0.131. The van der Waals surface area contributed by atoms with Crippen LogP contribution in [0.1, 0.15) is 23.7 Å². The Bertz CT molecular complexity index is 470. The number of hydrogen-bond donors (Lipinski definition) is 0. The van der Waals surface area contributed by atoms with Gasteiger partial charge in [0.2, 0.25) is 0 Å². The number of benzene rings is 1. The van der Waals surface area contributed by atoms with Crippen molar-refractivity contribution in [1.29, 1.82) is 0 Å². The van der Waals surface area contributed by atoms with Crippen molar-refractivity contribution in [1.82, 2.24) is 0 Å². The second-order valence-electron chi connectivity index (χ2n) is 4.40. The van der Waals surface area contributed by atoms with Crippen molar-refractivity contribution in [2.45, 2.75) is 13.3 Å². The van der Waals surface area contributed by atoms with Gasteiger partial charge < -0.3 is 9.64 Å². The lowest BCUT2D eigenvalue weighted by Crippen LogP contribution is -2.27. The van der Waals surface area contributed by atoms with Gasteiger partial charge in [0.15, 0.2) is 5.78 Å². The molecule has 0 saturated carbocycles. The molecule has 96 valence electrons. The van der Waals surface area contributed by atoms with Crippen molar-refractivity contribution < 1.29 is 14.3 Å². The summed E-state index contributed by atoms with van der Waals surface area (Å²) in [4.78, 5) is 26.2. The number of Topliss-reactive ketones (excluding diaryl/α,β-unsaturated/α-hetero) is 1. The monoisotopic (exact) mass is 247 g/mol. The molecule has 0 amide bonds. The Kier molecular flexibility index (Phi) is 3.65.